The van der Waals surface area contributed by atoms with Crippen LogP contribution in [0.15, 0.2) is 36.4 Å². The minimum absolute atomic E-state index is 0. The van der Waals surface area contributed by atoms with Gasteiger partial charge in [0.1, 0.15) is 23.1 Å². The number of carbonyl (C=O) groups is 4. The summed E-state index contributed by atoms with van der Waals surface area (Å²) in [5, 5.41) is 0.136. The second-order valence-electron chi connectivity index (χ2n) is 12.9. The molecule has 0 radical (unpaired) electrons. The van der Waals surface area contributed by atoms with Gasteiger partial charge in [0, 0.05) is 55.6 Å². The van der Waals surface area contributed by atoms with E-state index in [1.807, 2.05) is 43.3 Å². The van der Waals surface area contributed by atoms with Crippen molar-refractivity contribution in [1.82, 2.24) is 0 Å². The Morgan fingerprint density at radius 3 is 1.70 bits per heavy atom. The van der Waals surface area contributed by atoms with Crippen molar-refractivity contribution in [3.05, 3.63) is 58.7 Å². The molecule has 308 valence electrons. The summed E-state index contributed by atoms with van der Waals surface area (Å²) in [5.74, 6) is 4.60. The van der Waals surface area contributed by atoms with E-state index in [4.69, 9.17) is 20.9 Å². The molecule has 0 aromatic heterocycles. The van der Waals surface area contributed by atoms with Crippen molar-refractivity contribution in [3.63, 3.8) is 0 Å². The van der Waals surface area contributed by atoms with Crippen molar-refractivity contribution in [1.29, 1.82) is 0 Å². The molecule has 4 N–H and O–H groups in total. The first-order valence-electron chi connectivity index (χ1n) is 18.4. The third-order valence-corrected chi connectivity index (χ3v) is 10.8. The lowest BCUT2D eigenvalue weighted by atomic mass is 9.96. The van der Waals surface area contributed by atoms with Crippen LogP contribution in [0.25, 0.3) is 0 Å². The number of carbonyl (C=O) groups excluding carboxylic acids is 4. The molecular formula is C40H66N2O6S6. The largest absolute Gasteiger partial charge is 0.494 e. The van der Waals surface area contributed by atoms with E-state index in [9.17, 15) is 19.2 Å². The van der Waals surface area contributed by atoms with Crippen LogP contribution in [0.4, 0.5) is 0 Å². The summed E-state index contributed by atoms with van der Waals surface area (Å²) >= 11 is 11.1. The number of thiol groups is 2. The van der Waals surface area contributed by atoms with E-state index >= 15 is 0 Å². The first-order chi connectivity index (χ1) is 24.9. The zero-order valence-corrected chi connectivity index (χ0v) is 38.1. The number of thioether (sulfide) groups is 2. The van der Waals surface area contributed by atoms with Crippen molar-refractivity contribution in [3.8, 4) is 11.5 Å². The lowest BCUT2D eigenvalue weighted by Gasteiger charge is -2.13. The number of Topliss-reactive ketones (excluding diaryl/α,β-unsaturated/α-hetero) is 2. The molecule has 0 fully saturated rings. The lowest BCUT2D eigenvalue weighted by Crippen LogP contribution is -2.30. The SMILES string of the molecule is CCCCC[C@H](C)C(=O)CCCOc1ccc(CSC(C)=O)c(CSC(C)=O)c1.NCCCC[C@H](N)C(=O)CCCOc1ccc(CS)c(CS)c1.S.S. The fraction of sp³-hybridized carbons (Fsp3) is 0.600. The van der Waals surface area contributed by atoms with Gasteiger partial charge < -0.3 is 20.9 Å². The van der Waals surface area contributed by atoms with Crippen LogP contribution in [0.2, 0.25) is 0 Å². The van der Waals surface area contributed by atoms with E-state index in [0.717, 1.165) is 59.4 Å². The molecule has 2 atom stereocenters. The third-order valence-electron chi connectivity index (χ3n) is 8.40. The van der Waals surface area contributed by atoms with E-state index in [2.05, 4.69) is 32.2 Å². The predicted molar refractivity (Wildman–Crippen MR) is 247 cm³/mol. The van der Waals surface area contributed by atoms with Crippen LogP contribution >= 0.6 is 75.8 Å². The van der Waals surface area contributed by atoms with Gasteiger partial charge in [-0.2, -0.15) is 52.2 Å². The first kappa shape index (κ1) is 54.8. The van der Waals surface area contributed by atoms with Crippen LogP contribution in [0.1, 0.15) is 121 Å². The molecule has 14 heteroatoms. The van der Waals surface area contributed by atoms with E-state index < -0.39 is 0 Å². The maximum atomic E-state index is 12.2. The second-order valence-corrected chi connectivity index (χ2v) is 15.8. The average Bonchev–Trinajstić information content (AvgIpc) is 3.13. The highest BCUT2D eigenvalue weighted by molar-refractivity contribution is 8.13. The second kappa shape index (κ2) is 33.8. The maximum absolute atomic E-state index is 12.2. The number of unbranched alkanes of at least 4 members (excludes halogenated alkanes) is 3. The van der Waals surface area contributed by atoms with Crippen molar-refractivity contribution in [2.75, 3.05) is 19.8 Å². The van der Waals surface area contributed by atoms with Crippen molar-refractivity contribution < 1.29 is 28.7 Å². The van der Waals surface area contributed by atoms with Crippen molar-refractivity contribution >= 4 is 97.6 Å². The molecule has 8 nitrogen and oxygen atoms in total. The Hall–Kier alpha value is -1.26. The van der Waals surface area contributed by atoms with E-state index in [-0.39, 0.29) is 55.0 Å². The Bertz CT molecular complexity index is 1370. The number of ether oxygens (including phenoxy) is 2. The summed E-state index contributed by atoms with van der Waals surface area (Å²) in [6.07, 6.45) is 9.38. The first-order valence-corrected chi connectivity index (χ1v) is 21.7. The molecule has 2 aromatic carbocycles. The molecule has 2 aromatic rings. The number of benzene rings is 2. The zero-order valence-electron chi connectivity index (χ0n) is 32.7. The Morgan fingerprint density at radius 2 is 1.19 bits per heavy atom. The normalized spacial score (nSPS) is 11.6. The standard InChI is InChI=1S/C23H34O4S2.C17H28N2O2S2.2H2S/c1-5-6-7-9-17(2)23(26)10-8-13-27-22-12-11-20(15-28-18(3)24)21(14-22)16-29-19(4)25;18-8-2-1-4-16(19)17(20)5-3-9-21-15-7-6-13(11-22)14(10-15)12-23;;/h11-12,14,17H,5-10,13,15-16H2,1-4H3;6-7,10,16,22-23H,1-5,8-9,11-12,18-19H2;2*1H2/t17-;16-;;/m00../s1. The molecule has 0 spiro atoms. The molecule has 2 rings (SSSR count). The highest BCUT2D eigenvalue weighted by Gasteiger charge is 2.14. The van der Waals surface area contributed by atoms with Crippen LogP contribution < -0.4 is 20.9 Å². The maximum Gasteiger partial charge on any atom is 0.186 e. The van der Waals surface area contributed by atoms with E-state index in [1.54, 1.807) is 13.8 Å². The Labute approximate surface area is 358 Å². The Kier molecular flexibility index (Phi) is 34.4. The van der Waals surface area contributed by atoms with Crippen molar-refractivity contribution in [2.45, 2.75) is 127 Å². The topological polar surface area (TPSA) is 139 Å². The number of hydrogen-bond donors (Lipinski definition) is 4. The smallest absolute Gasteiger partial charge is 0.186 e. The van der Waals surface area contributed by atoms with Crippen LogP contribution in [0.5, 0.6) is 11.5 Å². The highest BCUT2D eigenvalue weighted by Crippen LogP contribution is 2.27. The fourth-order valence-corrected chi connectivity index (χ4v) is 7.03. The summed E-state index contributed by atoms with van der Waals surface area (Å²) in [7, 11) is 0. The number of ketones is 2. The molecular weight excluding hydrogens is 797 g/mol. The quantitative estimate of drug-likeness (QED) is 0.0535. The molecule has 0 heterocycles. The van der Waals surface area contributed by atoms with Gasteiger partial charge in [-0.25, -0.2) is 0 Å². The van der Waals surface area contributed by atoms with Crippen LogP contribution in [-0.4, -0.2) is 47.6 Å². The number of rotatable bonds is 26. The fourth-order valence-electron chi connectivity index (χ4n) is 5.16. The molecule has 54 heavy (non-hydrogen) atoms. The molecule has 0 bridgehead atoms. The van der Waals surface area contributed by atoms with E-state index in [0.29, 0.717) is 80.7 Å². The van der Waals surface area contributed by atoms with Crippen LogP contribution in [0, 0.1) is 5.92 Å². The van der Waals surface area contributed by atoms with E-state index in [1.165, 1.54) is 36.4 Å². The zero-order chi connectivity index (χ0) is 38.7. The molecule has 0 aliphatic heterocycles. The van der Waals surface area contributed by atoms with Gasteiger partial charge in [0.15, 0.2) is 10.2 Å². The van der Waals surface area contributed by atoms with Gasteiger partial charge in [-0.05, 0) is 85.2 Å². The summed E-state index contributed by atoms with van der Waals surface area (Å²) in [6, 6.07) is 11.4. The monoisotopic (exact) mass is 862 g/mol. The molecule has 0 saturated carbocycles. The lowest BCUT2D eigenvalue weighted by molar-refractivity contribution is -0.123. The van der Waals surface area contributed by atoms with Crippen LogP contribution in [0.3, 0.4) is 0 Å². The van der Waals surface area contributed by atoms with Crippen LogP contribution in [-0.2, 0) is 42.2 Å². The summed E-state index contributed by atoms with van der Waals surface area (Å²) in [6.45, 7) is 8.95. The molecule has 0 unspecified atom stereocenters. The van der Waals surface area contributed by atoms with Gasteiger partial charge in [-0.1, -0.05) is 75.2 Å². The van der Waals surface area contributed by atoms with Gasteiger partial charge in [-0.3, -0.25) is 19.2 Å². The molecule has 0 saturated heterocycles. The average molecular weight is 863 g/mol. The Balaban J connectivity index is 0. The minimum Gasteiger partial charge on any atom is -0.494 e. The Morgan fingerprint density at radius 1 is 0.685 bits per heavy atom. The van der Waals surface area contributed by atoms with Gasteiger partial charge in [0.2, 0.25) is 0 Å². The minimum atomic E-state index is -0.369. The number of hydrogen-bond acceptors (Lipinski definition) is 12. The van der Waals surface area contributed by atoms with Crippen molar-refractivity contribution in [2.24, 2.45) is 17.4 Å². The molecule has 0 aliphatic rings. The molecule has 0 aliphatic carbocycles. The molecule has 0 amide bonds. The summed E-state index contributed by atoms with van der Waals surface area (Å²) in [4.78, 5) is 46.7. The van der Waals surface area contributed by atoms with Gasteiger partial charge in [0.05, 0.1) is 19.3 Å². The highest BCUT2D eigenvalue weighted by atomic mass is 32.2. The summed E-state index contributed by atoms with van der Waals surface area (Å²) in [5.41, 5.74) is 15.6. The predicted octanol–water partition coefficient (Wildman–Crippen LogP) is 9.15. The number of nitrogens with two attached hydrogens (primary N) is 2. The summed E-state index contributed by atoms with van der Waals surface area (Å²) < 4.78 is 11.6. The van der Waals surface area contributed by atoms with Gasteiger partial charge in [-0.15, -0.1) is 0 Å². The third kappa shape index (κ3) is 25.1. The van der Waals surface area contributed by atoms with Gasteiger partial charge >= 0.3 is 0 Å². The van der Waals surface area contributed by atoms with Gasteiger partial charge in [0.25, 0.3) is 0 Å².